The lowest BCUT2D eigenvalue weighted by atomic mass is 10.1. The molecule has 2 aromatic carbocycles. The summed E-state index contributed by atoms with van der Waals surface area (Å²) in [5, 5.41) is 0. The van der Waals surface area contributed by atoms with Gasteiger partial charge in [0.05, 0.1) is 20.0 Å². The summed E-state index contributed by atoms with van der Waals surface area (Å²) in [6, 6.07) is 14.0. The number of para-hydroxylation sites is 1. The van der Waals surface area contributed by atoms with E-state index in [0.717, 1.165) is 17.0 Å². The van der Waals surface area contributed by atoms with Crippen LogP contribution in [0.25, 0.3) is 0 Å². The van der Waals surface area contributed by atoms with Gasteiger partial charge in [0.2, 0.25) is 5.91 Å². The SMILES string of the molecule is COc1ccc(SCC(=O)N2c3ccccc3CC2C)cc1OC. The predicted molar refractivity (Wildman–Crippen MR) is 97.4 cm³/mol. The number of anilines is 1. The molecule has 0 saturated heterocycles. The van der Waals surface area contributed by atoms with Crippen molar-refractivity contribution < 1.29 is 14.3 Å². The zero-order valence-corrected chi connectivity index (χ0v) is 14.9. The van der Waals surface area contributed by atoms with Gasteiger partial charge in [0, 0.05) is 16.6 Å². The lowest BCUT2D eigenvalue weighted by Gasteiger charge is -2.22. The Hall–Kier alpha value is -2.14. The van der Waals surface area contributed by atoms with Crippen LogP contribution in [0.5, 0.6) is 11.5 Å². The molecule has 0 bridgehead atoms. The van der Waals surface area contributed by atoms with Gasteiger partial charge in [-0.05, 0) is 43.2 Å². The van der Waals surface area contributed by atoms with Gasteiger partial charge in [0.15, 0.2) is 11.5 Å². The van der Waals surface area contributed by atoms with Crippen molar-refractivity contribution in [2.45, 2.75) is 24.3 Å². The van der Waals surface area contributed by atoms with Gasteiger partial charge < -0.3 is 14.4 Å². The van der Waals surface area contributed by atoms with E-state index in [2.05, 4.69) is 13.0 Å². The topological polar surface area (TPSA) is 38.8 Å². The van der Waals surface area contributed by atoms with Crippen LogP contribution in [0.15, 0.2) is 47.4 Å². The molecule has 126 valence electrons. The van der Waals surface area contributed by atoms with E-state index in [9.17, 15) is 4.79 Å². The fraction of sp³-hybridized carbons (Fsp3) is 0.316. The van der Waals surface area contributed by atoms with E-state index >= 15 is 0 Å². The first-order valence-electron chi connectivity index (χ1n) is 7.89. The van der Waals surface area contributed by atoms with Crippen molar-refractivity contribution >= 4 is 23.4 Å². The lowest BCUT2D eigenvalue weighted by Crippen LogP contribution is -2.36. The number of hydrogen-bond donors (Lipinski definition) is 0. The summed E-state index contributed by atoms with van der Waals surface area (Å²) in [5.41, 5.74) is 2.29. The molecule has 0 fully saturated rings. The smallest absolute Gasteiger partial charge is 0.237 e. The number of methoxy groups -OCH3 is 2. The van der Waals surface area contributed by atoms with Crippen LogP contribution in [0.2, 0.25) is 0 Å². The average Bonchev–Trinajstić information content (AvgIpc) is 2.95. The largest absolute Gasteiger partial charge is 0.493 e. The van der Waals surface area contributed by atoms with E-state index in [1.807, 2.05) is 41.3 Å². The molecule has 5 heteroatoms. The van der Waals surface area contributed by atoms with Crippen LogP contribution in [0.4, 0.5) is 5.69 Å². The second kappa shape index (κ2) is 7.18. The quantitative estimate of drug-likeness (QED) is 0.775. The van der Waals surface area contributed by atoms with Crippen LogP contribution in [0.1, 0.15) is 12.5 Å². The Morgan fingerprint density at radius 3 is 2.67 bits per heavy atom. The van der Waals surface area contributed by atoms with Crippen LogP contribution in [0, 0.1) is 0 Å². The lowest BCUT2D eigenvalue weighted by molar-refractivity contribution is -0.116. The molecule has 1 unspecified atom stereocenters. The fourth-order valence-corrected chi connectivity index (χ4v) is 3.85. The molecule has 1 aliphatic heterocycles. The second-order valence-corrected chi connectivity index (χ2v) is 6.80. The number of amides is 1. The van der Waals surface area contributed by atoms with Crippen molar-refractivity contribution in [3.05, 3.63) is 48.0 Å². The number of carbonyl (C=O) groups excluding carboxylic acids is 1. The van der Waals surface area contributed by atoms with Crippen molar-refractivity contribution in [3.8, 4) is 11.5 Å². The number of carbonyl (C=O) groups is 1. The van der Waals surface area contributed by atoms with Gasteiger partial charge in [-0.1, -0.05) is 18.2 Å². The third kappa shape index (κ3) is 3.22. The average molecular weight is 343 g/mol. The molecule has 2 aromatic rings. The van der Waals surface area contributed by atoms with E-state index < -0.39 is 0 Å². The van der Waals surface area contributed by atoms with E-state index in [1.165, 1.54) is 17.3 Å². The Labute approximate surface area is 146 Å². The summed E-state index contributed by atoms with van der Waals surface area (Å²) in [6.45, 7) is 2.10. The minimum Gasteiger partial charge on any atom is -0.493 e. The highest BCUT2D eigenvalue weighted by Gasteiger charge is 2.30. The third-order valence-corrected chi connectivity index (χ3v) is 5.17. The molecule has 1 atom stereocenters. The van der Waals surface area contributed by atoms with E-state index in [4.69, 9.17) is 9.47 Å². The highest BCUT2D eigenvalue weighted by atomic mass is 32.2. The molecular weight excluding hydrogens is 322 g/mol. The molecule has 0 N–H and O–H groups in total. The van der Waals surface area contributed by atoms with Gasteiger partial charge in [0.25, 0.3) is 0 Å². The Morgan fingerprint density at radius 2 is 1.92 bits per heavy atom. The number of ether oxygens (including phenoxy) is 2. The summed E-state index contributed by atoms with van der Waals surface area (Å²) < 4.78 is 10.6. The van der Waals surface area contributed by atoms with Gasteiger partial charge >= 0.3 is 0 Å². The summed E-state index contributed by atoms with van der Waals surface area (Å²) in [4.78, 5) is 15.6. The van der Waals surface area contributed by atoms with E-state index in [-0.39, 0.29) is 11.9 Å². The fourth-order valence-electron chi connectivity index (χ4n) is 3.07. The summed E-state index contributed by atoms with van der Waals surface area (Å²) in [7, 11) is 3.22. The van der Waals surface area contributed by atoms with E-state index in [1.54, 1.807) is 14.2 Å². The summed E-state index contributed by atoms with van der Waals surface area (Å²) in [5.74, 6) is 1.89. The summed E-state index contributed by atoms with van der Waals surface area (Å²) >= 11 is 1.51. The molecule has 1 heterocycles. The molecule has 24 heavy (non-hydrogen) atoms. The van der Waals surface area contributed by atoms with Crippen molar-refractivity contribution in [3.63, 3.8) is 0 Å². The molecular formula is C19H21NO3S. The van der Waals surface area contributed by atoms with Crippen molar-refractivity contribution in [2.24, 2.45) is 0 Å². The first kappa shape index (κ1) is 16.7. The number of hydrogen-bond acceptors (Lipinski definition) is 4. The Balaban J connectivity index is 1.70. The van der Waals surface area contributed by atoms with Crippen molar-refractivity contribution in [1.82, 2.24) is 0 Å². The Bertz CT molecular complexity index is 747. The molecule has 1 aliphatic rings. The van der Waals surface area contributed by atoms with Crippen LogP contribution in [-0.4, -0.2) is 31.9 Å². The maximum Gasteiger partial charge on any atom is 0.237 e. The number of benzene rings is 2. The molecule has 0 spiro atoms. The maximum atomic E-state index is 12.7. The number of thioether (sulfide) groups is 1. The Morgan fingerprint density at radius 1 is 1.17 bits per heavy atom. The van der Waals surface area contributed by atoms with Crippen molar-refractivity contribution in [1.29, 1.82) is 0 Å². The molecule has 0 aromatic heterocycles. The van der Waals surface area contributed by atoms with Crippen LogP contribution >= 0.6 is 11.8 Å². The first-order chi connectivity index (χ1) is 11.6. The van der Waals surface area contributed by atoms with Crippen LogP contribution < -0.4 is 14.4 Å². The number of rotatable bonds is 5. The molecule has 4 nitrogen and oxygen atoms in total. The van der Waals surface area contributed by atoms with Crippen LogP contribution in [0.3, 0.4) is 0 Å². The molecule has 1 amide bonds. The minimum absolute atomic E-state index is 0.132. The van der Waals surface area contributed by atoms with Crippen LogP contribution in [-0.2, 0) is 11.2 Å². The number of nitrogens with zero attached hydrogens (tertiary/aromatic N) is 1. The molecule has 0 aliphatic carbocycles. The molecule has 0 saturated carbocycles. The van der Waals surface area contributed by atoms with Gasteiger partial charge in [-0.2, -0.15) is 0 Å². The predicted octanol–water partition coefficient (Wildman–Crippen LogP) is 3.77. The molecule has 0 radical (unpaired) electrons. The molecule has 3 rings (SSSR count). The van der Waals surface area contributed by atoms with Crippen molar-refractivity contribution in [2.75, 3.05) is 24.9 Å². The Kier molecular flexibility index (Phi) is 5.00. The standard InChI is InChI=1S/C19H21NO3S/c1-13-10-14-6-4-5-7-16(14)20(13)19(21)12-24-15-8-9-17(22-2)18(11-15)23-3/h4-9,11,13H,10,12H2,1-3H3. The number of fused-ring (bicyclic) bond motifs is 1. The first-order valence-corrected chi connectivity index (χ1v) is 8.87. The summed E-state index contributed by atoms with van der Waals surface area (Å²) in [6.07, 6.45) is 0.920. The zero-order valence-electron chi connectivity index (χ0n) is 14.1. The van der Waals surface area contributed by atoms with E-state index in [0.29, 0.717) is 17.3 Å². The highest BCUT2D eigenvalue weighted by Crippen LogP contribution is 2.34. The zero-order chi connectivity index (χ0) is 17.1. The second-order valence-electron chi connectivity index (χ2n) is 5.75. The minimum atomic E-state index is 0.132. The third-order valence-electron chi connectivity index (χ3n) is 4.19. The monoisotopic (exact) mass is 343 g/mol. The maximum absolute atomic E-state index is 12.7. The van der Waals surface area contributed by atoms with Gasteiger partial charge in [-0.15, -0.1) is 11.8 Å². The highest BCUT2D eigenvalue weighted by molar-refractivity contribution is 8.00. The van der Waals surface area contributed by atoms with Gasteiger partial charge in [-0.3, -0.25) is 4.79 Å². The van der Waals surface area contributed by atoms with Gasteiger partial charge in [-0.25, -0.2) is 0 Å². The van der Waals surface area contributed by atoms with Gasteiger partial charge in [0.1, 0.15) is 0 Å². The normalized spacial score (nSPS) is 16.0.